The van der Waals surface area contributed by atoms with E-state index in [-0.39, 0.29) is 11.7 Å². The van der Waals surface area contributed by atoms with Crippen LogP contribution in [0.2, 0.25) is 0 Å². The van der Waals surface area contributed by atoms with E-state index in [1.807, 2.05) is 16.8 Å². The van der Waals surface area contributed by atoms with Crippen LogP contribution in [0.4, 0.5) is 10.1 Å². The van der Waals surface area contributed by atoms with Crippen molar-refractivity contribution in [1.82, 2.24) is 10.2 Å². The average Bonchev–Trinajstić information content (AvgIpc) is 3.17. The van der Waals surface area contributed by atoms with Crippen LogP contribution in [0.5, 0.6) is 0 Å². The van der Waals surface area contributed by atoms with Crippen molar-refractivity contribution in [2.75, 3.05) is 38.2 Å². The SMILES string of the molecule is O=C(NC[C@H](c1ccsc1)N1CCOCC1)C(=O)Nc1cccc(F)c1. The minimum absolute atomic E-state index is 0.0175. The molecule has 1 fully saturated rings. The lowest BCUT2D eigenvalue weighted by molar-refractivity contribution is -0.136. The Labute approximate surface area is 155 Å². The molecule has 8 heteroatoms. The molecule has 0 spiro atoms. The van der Waals surface area contributed by atoms with Gasteiger partial charge in [0.25, 0.3) is 0 Å². The molecule has 1 atom stereocenters. The van der Waals surface area contributed by atoms with Gasteiger partial charge >= 0.3 is 11.8 Å². The summed E-state index contributed by atoms with van der Waals surface area (Å²) in [6.45, 7) is 3.15. The Morgan fingerprint density at radius 2 is 2.04 bits per heavy atom. The lowest BCUT2D eigenvalue weighted by atomic mass is 10.1. The van der Waals surface area contributed by atoms with Gasteiger partial charge in [0.05, 0.1) is 19.3 Å². The van der Waals surface area contributed by atoms with Gasteiger partial charge in [0, 0.05) is 25.3 Å². The molecule has 0 radical (unpaired) electrons. The smallest absolute Gasteiger partial charge is 0.313 e. The van der Waals surface area contributed by atoms with Crippen LogP contribution in [0.1, 0.15) is 11.6 Å². The number of hydrogen-bond acceptors (Lipinski definition) is 5. The van der Waals surface area contributed by atoms with Gasteiger partial charge in [-0.25, -0.2) is 4.39 Å². The summed E-state index contributed by atoms with van der Waals surface area (Å²) in [6, 6.07) is 7.42. The number of benzene rings is 1. The predicted molar refractivity (Wildman–Crippen MR) is 97.5 cm³/mol. The molecule has 0 unspecified atom stereocenters. The van der Waals surface area contributed by atoms with Gasteiger partial charge in [-0.1, -0.05) is 6.07 Å². The molecule has 1 aromatic carbocycles. The first-order valence-corrected chi connectivity index (χ1v) is 9.26. The molecule has 6 nitrogen and oxygen atoms in total. The Hall–Kier alpha value is -2.29. The van der Waals surface area contributed by atoms with Gasteiger partial charge in [0.2, 0.25) is 0 Å². The summed E-state index contributed by atoms with van der Waals surface area (Å²) in [5, 5.41) is 9.11. The van der Waals surface area contributed by atoms with Crippen molar-refractivity contribution in [2.24, 2.45) is 0 Å². The van der Waals surface area contributed by atoms with Crippen LogP contribution in [0, 0.1) is 5.82 Å². The van der Waals surface area contributed by atoms with E-state index < -0.39 is 17.6 Å². The number of hydrogen-bond donors (Lipinski definition) is 2. The number of ether oxygens (including phenoxy) is 1. The fourth-order valence-corrected chi connectivity index (χ4v) is 3.54. The fraction of sp³-hybridized carbons (Fsp3) is 0.333. The van der Waals surface area contributed by atoms with Gasteiger partial charge in [-0.3, -0.25) is 14.5 Å². The van der Waals surface area contributed by atoms with Crippen LogP contribution < -0.4 is 10.6 Å². The highest BCUT2D eigenvalue weighted by atomic mass is 32.1. The topological polar surface area (TPSA) is 70.7 Å². The van der Waals surface area contributed by atoms with Crippen molar-refractivity contribution in [2.45, 2.75) is 6.04 Å². The van der Waals surface area contributed by atoms with Crippen molar-refractivity contribution in [3.05, 3.63) is 52.5 Å². The van der Waals surface area contributed by atoms with Crippen molar-refractivity contribution < 1.29 is 18.7 Å². The highest BCUT2D eigenvalue weighted by molar-refractivity contribution is 7.08. The summed E-state index contributed by atoms with van der Waals surface area (Å²) >= 11 is 1.59. The molecule has 1 saturated heterocycles. The molecule has 2 heterocycles. The van der Waals surface area contributed by atoms with E-state index in [2.05, 4.69) is 15.5 Å². The van der Waals surface area contributed by atoms with Crippen LogP contribution in [-0.4, -0.2) is 49.6 Å². The Morgan fingerprint density at radius 3 is 2.73 bits per heavy atom. The van der Waals surface area contributed by atoms with Gasteiger partial charge in [-0.05, 0) is 40.6 Å². The second-order valence-corrected chi connectivity index (χ2v) is 6.68. The number of nitrogens with one attached hydrogen (secondary N) is 2. The van der Waals surface area contributed by atoms with Gasteiger partial charge < -0.3 is 15.4 Å². The molecule has 138 valence electrons. The maximum atomic E-state index is 13.2. The summed E-state index contributed by atoms with van der Waals surface area (Å²) in [6.07, 6.45) is 0. The lowest BCUT2D eigenvalue weighted by Gasteiger charge is -2.34. The minimum Gasteiger partial charge on any atom is -0.379 e. The number of nitrogens with zero attached hydrogens (tertiary/aromatic N) is 1. The average molecular weight is 377 g/mol. The monoisotopic (exact) mass is 377 g/mol. The zero-order valence-electron chi connectivity index (χ0n) is 14.1. The van der Waals surface area contributed by atoms with Gasteiger partial charge in [0.15, 0.2) is 0 Å². The van der Waals surface area contributed by atoms with Crippen LogP contribution in [0.25, 0.3) is 0 Å². The second-order valence-electron chi connectivity index (χ2n) is 5.90. The highest BCUT2D eigenvalue weighted by Gasteiger charge is 2.24. The molecule has 0 aliphatic carbocycles. The molecule has 3 rings (SSSR count). The molecule has 1 aliphatic rings. The van der Waals surface area contributed by atoms with E-state index in [1.165, 1.54) is 18.2 Å². The standard InChI is InChI=1S/C18H20FN3O3S/c19-14-2-1-3-15(10-14)21-18(24)17(23)20-11-16(13-4-9-26-12-13)22-5-7-25-8-6-22/h1-4,9-10,12,16H,5-8,11H2,(H,20,23)(H,21,24)/t16-/m1/s1. The summed E-state index contributed by atoms with van der Waals surface area (Å²) in [7, 11) is 0. The highest BCUT2D eigenvalue weighted by Crippen LogP contribution is 2.23. The first-order chi connectivity index (χ1) is 12.6. The number of anilines is 1. The van der Waals surface area contributed by atoms with E-state index in [4.69, 9.17) is 4.74 Å². The Kier molecular flexibility index (Phi) is 6.32. The number of morpholine rings is 1. The molecular weight excluding hydrogens is 357 g/mol. The molecule has 0 bridgehead atoms. The zero-order chi connectivity index (χ0) is 18.4. The summed E-state index contributed by atoms with van der Waals surface area (Å²) in [5.41, 5.74) is 1.34. The maximum absolute atomic E-state index is 13.2. The minimum atomic E-state index is -0.818. The van der Waals surface area contributed by atoms with Crippen LogP contribution in [0.3, 0.4) is 0 Å². The van der Waals surface area contributed by atoms with Crippen molar-refractivity contribution in [3.63, 3.8) is 0 Å². The first-order valence-electron chi connectivity index (χ1n) is 8.32. The summed E-state index contributed by atoms with van der Waals surface area (Å²) in [4.78, 5) is 26.4. The quantitative estimate of drug-likeness (QED) is 0.782. The van der Waals surface area contributed by atoms with E-state index in [9.17, 15) is 14.0 Å². The third kappa shape index (κ3) is 4.87. The molecule has 0 saturated carbocycles. The number of halogens is 1. The maximum Gasteiger partial charge on any atom is 0.313 e. The molecule has 26 heavy (non-hydrogen) atoms. The molecule has 1 aromatic heterocycles. The normalized spacial score (nSPS) is 16.0. The van der Waals surface area contributed by atoms with Gasteiger partial charge in [0.1, 0.15) is 5.82 Å². The summed E-state index contributed by atoms with van der Waals surface area (Å²) < 4.78 is 18.6. The number of rotatable bonds is 5. The van der Waals surface area contributed by atoms with Crippen molar-refractivity contribution in [1.29, 1.82) is 0 Å². The molecule has 1 aliphatic heterocycles. The van der Waals surface area contributed by atoms with Gasteiger partial charge in [-0.15, -0.1) is 0 Å². The summed E-state index contributed by atoms with van der Waals surface area (Å²) in [5.74, 6) is -2.04. The fourth-order valence-electron chi connectivity index (χ4n) is 2.84. The van der Waals surface area contributed by atoms with Gasteiger partial charge in [-0.2, -0.15) is 11.3 Å². The van der Waals surface area contributed by atoms with E-state index in [0.29, 0.717) is 19.8 Å². The number of carbonyl (C=O) groups excluding carboxylic acids is 2. The van der Waals surface area contributed by atoms with Crippen LogP contribution in [-0.2, 0) is 14.3 Å². The number of carbonyl (C=O) groups is 2. The third-order valence-electron chi connectivity index (χ3n) is 4.16. The van der Waals surface area contributed by atoms with E-state index in [1.54, 1.807) is 11.3 Å². The largest absolute Gasteiger partial charge is 0.379 e. The molecule has 2 N–H and O–H groups in total. The second kappa shape index (κ2) is 8.88. The Balaban J connectivity index is 1.59. The molecular formula is C18H20FN3O3S. The Morgan fingerprint density at radius 1 is 1.23 bits per heavy atom. The predicted octanol–water partition coefficient (Wildman–Crippen LogP) is 2.02. The van der Waals surface area contributed by atoms with E-state index in [0.717, 1.165) is 24.7 Å². The number of thiophene rings is 1. The molecule has 2 aromatic rings. The third-order valence-corrected chi connectivity index (χ3v) is 4.86. The lowest BCUT2D eigenvalue weighted by Crippen LogP contribution is -2.45. The molecule has 2 amide bonds. The van der Waals surface area contributed by atoms with E-state index >= 15 is 0 Å². The van der Waals surface area contributed by atoms with Crippen LogP contribution in [0.15, 0.2) is 41.1 Å². The van der Waals surface area contributed by atoms with Crippen molar-refractivity contribution >= 4 is 28.8 Å². The Bertz CT molecular complexity index is 748. The first kappa shape index (κ1) is 18.5. The van der Waals surface area contributed by atoms with Crippen LogP contribution >= 0.6 is 11.3 Å². The zero-order valence-corrected chi connectivity index (χ0v) is 14.9. The number of amides is 2. The van der Waals surface area contributed by atoms with Crippen molar-refractivity contribution in [3.8, 4) is 0 Å².